The molecule has 1 amide bonds. The van der Waals surface area contributed by atoms with Crippen LogP contribution in [0.4, 0.5) is 0 Å². The van der Waals surface area contributed by atoms with Gasteiger partial charge in [0, 0.05) is 24.5 Å². The fourth-order valence-electron chi connectivity index (χ4n) is 2.23. The molecule has 23 heavy (non-hydrogen) atoms. The van der Waals surface area contributed by atoms with Crippen LogP contribution in [-0.4, -0.2) is 20.7 Å². The Hall–Kier alpha value is -3.15. The molecule has 2 heterocycles. The second-order valence-electron chi connectivity index (χ2n) is 5.13. The Labute approximate surface area is 132 Å². The molecule has 0 fully saturated rings. The molecule has 0 aliphatic heterocycles. The molecule has 1 aromatic carbocycles. The highest BCUT2D eigenvalue weighted by Crippen LogP contribution is 2.04. The van der Waals surface area contributed by atoms with Crippen LogP contribution in [0.15, 0.2) is 65.8 Å². The first kappa shape index (κ1) is 14.8. The number of H-pyrrole nitrogens is 1. The molecule has 3 aromatic rings. The van der Waals surface area contributed by atoms with Gasteiger partial charge >= 0.3 is 0 Å². The van der Waals surface area contributed by atoms with Gasteiger partial charge in [0.15, 0.2) is 0 Å². The number of pyridine rings is 1. The average Bonchev–Trinajstić information content (AvgIpc) is 3.01. The maximum absolute atomic E-state index is 12.0. The first-order valence-corrected chi connectivity index (χ1v) is 7.23. The average molecular weight is 308 g/mol. The smallest absolute Gasteiger partial charge is 0.260 e. The lowest BCUT2D eigenvalue weighted by Crippen LogP contribution is -2.28. The van der Waals surface area contributed by atoms with E-state index in [-0.39, 0.29) is 5.56 Å². The Kier molecular flexibility index (Phi) is 4.33. The molecule has 0 atom stereocenters. The third-order valence-electron chi connectivity index (χ3n) is 3.39. The predicted octanol–water partition coefficient (Wildman–Crippen LogP) is 1.55. The van der Waals surface area contributed by atoms with Crippen molar-refractivity contribution in [3.63, 3.8) is 0 Å². The van der Waals surface area contributed by atoms with Gasteiger partial charge in [0.25, 0.3) is 11.5 Å². The van der Waals surface area contributed by atoms with Gasteiger partial charge in [-0.3, -0.25) is 14.3 Å². The number of rotatable bonds is 5. The topological polar surface area (TPSA) is 79.8 Å². The molecule has 0 aliphatic rings. The number of nitrogens with one attached hydrogen (secondary N) is 2. The highest BCUT2D eigenvalue weighted by atomic mass is 16.2. The molecule has 0 saturated carbocycles. The summed E-state index contributed by atoms with van der Waals surface area (Å²) in [6.45, 7) is 0.995. The fourth-order valence-corrected chi connectivity index (χ4v) is 2.23. The largest absolute Gasteiger partial charge is 0.348 e. The van der Waals surface area contributed by atoms with Crippen molar-refractivity contribution in [1.82, 2.24) is 20.1 Å². The van der Waals surface area contributed by atoms with Crippen LogP contribution >= 0.6 is 0 Å². The van der Waals surface area contributed by atoms with Gasteiger partial charge < -0.3 is 10.3 Å². The van der Waals surface area contributed by atoms with Gasteiger partial charge in [0.2, 0.25) is 0 Å². The zero-order chi connectivity index (χ0) is 16.1. The van der Waals surface area contributed by atoms with E-state index < -0.39 is 11.5 Å². The minimum atomic E-state index is -0.400. The lowest BCUT2D eigenvalue weighted by Gasteiger charge is -2.03. The summed E-state index contributed by atoms with van der Waals surface area (Å²) >= 11 is 0. The van der Waals surface area contributed by atoms with E-state index >= 15 is 0 Å². The molecule has 3 rings (SSSR count). The number of hydrogen-bond donors (Lipinski definition) is 2. The Morgan fingerprint density at radius 1 is 1.13 bits per heavy atom. The summed E-state index contributed by atoms with van der Waals surface area (Å²) in [7, 11) is 0. The second kappa shape index (κ2) is 6.74. The van der Waals surface area contributed by atoms with Crippen LogP contribution in [0, 0.1) is 0 Å². The van der Waals surface area contributed by atoms with Crippen LogP contribution in [0.3, 0.4) is 0 Å². The van der Waals surface area contributed by atoms with Crippen LogP contribution < -0.4 is 10.9 Å². The molecule has 0 spiro atoms. The van der Waals surface area contributed by atoms with Gasteiger partial charge in [-0.1, -0.05) is 30.3 Å². The molecule has 0 unspecified atom stereocenters. The summed E-state index contributed by atoms with van der Waals surface area (Å²) in [5.74, 6) is -0.400. The van der Waals surface area contributed by atoms with E-state index in [4.69, 9.17) is 0 Å². The van der Waals surface area contributed by atoms with Gasteiger partial charge in [-0.05, 0) is 17.7 Å². The highest BCUT2D eigenvalue weighted by Gasteiger charge is 2.09. The second-order valence-corrected chi connectivity index (χ2v) is 5.13. The summed E-state index contributed by atoms with van der Waals surface area (Å²) in [5, 5.41) is 7.00. The van der Waals surface area contributed by atoms with E-state index in [1.165, 1.54) is 12.3 Å². The van der Waals surface area contributed by atoms with Crippen molar-refractivity contribution in [2.45, 2.75) is 13.1 Å². The van der Waals surface area contributed by atoms with Crippen molar-refractivity contribution in [1.29, 1.82) is 0 Å². The van der Waals surface area contributed by atoms with Crippen LogP contribution in [0.1, 0.15) is 21.5 Å². The van der Waals surface area contributed by atoms with E-state index in [0.717, 1.165) is 11.1 Å². The normalized spacial score (nSPS) is 10.4. The maximum Gasteiger partial charge on any atom is 0.260 e. The van der Waals surface area contributed by atoms with Crippen LogP contribution in [0.5, 0.6) is 0 Å². The number of aromatic amines is 1. The summed E-state index contributed by atoms with van der Waals surface area (Å²) < 4.78 is 1.81. The standard InChI is InChI=1S/C17H16N4O2/c22-16-15(7-4-8-18-16)17(23)19-9-14-10-20-21(12-14)11-13-5-2-1-3-6-13/h1-8,10,12H,9,11H2,(H,18,22)(H,19,23). The number of hydrogen-bond acceptors (Lipinski definition) is 3. The van der Waals surface area contributed by atoms with Crippen molar-refractivity contribution in [2.75, 3.05) is 0 Å². The Morgan fingerprint density at radius 3 is 2.74 bits per heavy atom. The summed E-state index contributed by atoms with van der Waals surface area (Å²) in [6.07, 6.45) is 5.08. The zero-order valence-electron chi connectivity index (χ0n) is 12.4. The van der Waals surface area contributed by atoms with Crippen molar-refractivity contribution in [3.8, 4) is 0 Å². The molecule has 2 N–H and O–H groups in total. The Balaban J connectivity index is 1.60. The maximum atomic E-state index is 12.0. The van der Waals surface area contributed by atoms with Crippen molar-refractivity contribution in [2.24, 2.45) is 0 Å². The number of carbonyl (C=O) groups excluding carboxylic acids is 1. The Bertz CT molecular complexity index is 852. The van der Waals surface area contributed by atoms with E-state index in [1.54, 1.807) is 12.3 Å². The van der Waals surface area contributed by atoms with Crippen molar-refractivity contribution in [3.05, 3.63) is 88.1 Å². The monoisotopic (exact) mass is 308 g/mol. The number of carbonyl (C=O) groups is 1. The SMILES string of the molecule is O=C(NCc1cnn(Cc2ccccc2)c1)c1ccc[nH]c1=O. The zero-order valence-corrected chi connectivity index (χ0v) is 12.4. The molecule has 0 bridgehead atoms. The molecule has 0 saturated heterocycles. The third kappa shape index (κ3) is 3.74. The Morgan fingerprint density at radius 2 is 1.96 bits per heavy atom. The van der Waals surface area contributed by atoms with Crippen LogP contribution in [0.25, 0.3) is 0 Å². The fraction of sp³-hybridized carbons (Fsp3) is 0.118. The summed E-state index contributed by atoms with van der Waals surface area (Å²) in [6, 6.07) is 13.1. The number of amides is 1. The van der Waals surface area contributed by atoms with Gasteiger partial charge in [0.1, 0.15) is 5.56 Å². The molecule has 0 radical (unpaired) electrons. The molecule has 116 valence electrons. The molecular formula is C17H16N4O2. The summed E-state index contributed by atoms with van der Waals surface area (Å²) in [4.78, 5) is 26.0. The first-order chi connectivity index (χ1) is 11.2. The van der Waals surface area contributed by atoms with E-state index in [1.807, 2.05) is 41.2 Å². The molecule has 2 aromatic heterocycles. The van der Waals surface area contributed by atoms with Gasteiger partial charge in [-0.2, -0.15) is 5.10 Å². The lowest BCUT2D eigenvalue weighted by molar-refractivity contribution is 0.0949. The predicted molar refractivity (Wildman–Crippen MR) is 86.0 cm³/mol. The van der Waals surface area contributed by atoms with Gasteiger partial charge in [0.05, 0.1) is 12.7 Å². The minimum absolute atomic E-state index is 0.101. The first-order valence-electron chi connectivity index (χ1n) is 7.23. The molecule has 6 heteroatoms. The molecule has 6 nitrogen and oxygen atoms in total. The molecular weight excluding hydrogens is 292 g/mol. The highest BCUT2D eigenvalue weighted by molar-refractivity contribution is 5.93. The summed E-state index contributed by atoms with van der Waals surface area (Å²) in [5.41, 5.74) is 1.73. The van der Waals surface area contributed by atoms with E-state index in [2.05, 4.69) is 15.4 Å². The van der Waals surface area contributed by atoms with Gasteiger partial charge in [-0.25, -0.2) is 0 Å². The third-order valence-corrected chi connectivity index (χ3v) is 3.39. The molecule has 0 aliphatic carbocycles. The quantitative estimate of drug-likeness (QED) is 0.750. The van der Waals surface area contributed by atoms with Crippen molar-refractivity contribution >= 4 is 5.91 Å². The number of aromatic nitrogens is 3. The minimum Gasteiger partial charge on any atom is -0.348 e. The van der Waals surface area contributed by atoms with Crippen molar-refractivity contribution < 1.29 is 4.79 Å². The number of nitrogens with zero attached hydrogens (tertiary/aromatic N) is 2. The van der Waals surface area contributed by atoms with Gasteiger partial charge in [-0.15, -0.1) is 0 Å². The van der Waals surface area contributed by atoms with Crippen LogP contribution in [-0.2, 0) is 13.1 Å². The van der Waals surface area contributed by atoms with E-state index in [0.29, 0.717) is 13.1 Å². The lowest BCUT2D eigenvalue weighted by atomic mass is 10.2. The van der Waals surface area contributed by atoms with Crippen LogP contribution in [0.2, 0.25) is 0 Å². The van der Waals surface area contributed by atoms with E-state index in [9.17, 15) is 9.59 Å². The number of benzene rings is 1.